The van der Waals surface area contributed by atoms with Gasteiger partial charge in [0.25, 0.3) is 0 Å². The van der Waals surface area contributed by atoms with E-state index in [4.69, 9.17) is 4.74 Å². The van der Waals surface area contributed by atoms with Gasteiger partial charge in [0.15, 0.2) is 0 Å². The number of anilines is 1. The van der Waals surface area contributed by atoms with Crippen molar-refractivity contribution >= 4 is 11.7 Å². The Labute approximate surface area is 124 Å². The molecule has 0 amide bonds. The number of ether oxygens (including phenoxy) is 1. The predicted octanol–water partition coefficient (Wildman–Crippen LogP) is 3.49. The second kappa shape index (κ2) is 6.79. The van der Waals surface area contributed by atoms with Crippen LogP contribution >= 0.6 is 0 Å². The molecule has 4 heteroatoms. The Bertz CT molecular complexity index is 638. The van der Waals surface area contributed by atoms with Crippen LogP contribution in [-0.4, -0.2) is 17.7 Å². The number of carbonyl (C=O) groups is 1. The van der Waals surface area contributed by atoms with Crippen molar-refractivity contribution in [2.45, 2.75) is 20.4 Å². The number of nitrogens with one attached hydrogen (secondary N) is 1. The van der Waals surface area contributed by atoms with E-state index >= 15 is 0 Å². The molecule has 0 spiro atoms. The van der Waals surface area contributed by atoms with E-state index in [1.807, 2.05) is 25.1 Å². The second-order valence-electron chi connectivity index (χ2n) is 4.79. The SMILES string of the molecule is CCOC(=O)c1cccc(NCc2cc(C)ccc2O)c1. The van der Waals surface area contributed by atoms with Crippen LogP contribution in [0, 0.1) is 6.92 Å². The van der Waals surface area contributed by atoms with Crippen LogP contribution in [0.2, 0.25) is 0 Å². The fraction of sp³-hybridized carbons (Fsp3) is 0.235. The number of aromatic hydroxyl groups is 1. The molecule has 0 aliphatic heterocycles. The van der Waals surface area contributed by atoms with Crippen LogP contribution in [0.5, 0.6) is 5.75 Å². The van der Waals surface area contributed by atoms with Gasteiger partial charge in [0.2, 0.25) is 0 Å². The number of esters is 1. The number of hydrogen-bond acceptors (Lipinski definition) is 4. The Hall–Kier alpha value is -2.49. The molecule has 0 saturated carbocycles. The molecule has 4 nitrogen and oxygen atoms in total. The van der Waals surface area contributed by atoms with Gasteiger partial charge in [-0.25, -0.2) is 4.79 Å². The molecule has 110 valence electrons. The van der Waals surface area contributed by atoms with Crippen LogP contribution in [0.4, 0.5) is 5.69 Å². The number of aryl methyl sites for hydroxylation is 1. The molecule has 0 aliphatic carbocycles. The zero-order valence-corrected chi connectivity index (χ0v) is 12.2. The van der Waals surface area contributed by atoms with Crippen molar-refractivity contribution in [2.75, 3.05) is 11.9 Å². The second-order valence-corrected chi connectivity index (χ2v) is 4.79. The van der Waals surface area contributed by atoms with E-state index in [-0.39, 0.29) is 11.7 Å². The Kier molecular flexibility index (Phi) is 4.82. The molecular formula is C17H19NO3. The van der Waals surface area contributed by atoms with Crippen LogP contribution in [0.1, 0.15) is 28.4 Å². The molecule has 2 N–H and O–H groups in total. The van der Waals surface area contributed by atoms with E-state index in [0.29, 0.717) is 18.7 Å². The fourth-order valence-corrected chi connectivity index (χ4v) is 2.02. The minimum absolute atomic E-state index is 0.259. The Morgan fingerprint density at radius 2 is 2.05 bits per heavy atom. The molecule has 2 aromatic carbocycles. The summed E-state index contributed by atoms with van der Waals surface area (Å²) in [5.74, 6) is -0.0748. The highest BCUT2D eigenvalue weighted by atomic mass is 16.5. The summed E-state index contributed by atoms with van der Waals surface area (Å²) >= 11 is 0. The van der Waals surface area contributed by atoms with Crippen LogP contribution < -0.4 is 5.32 Å². The molecule has 0 unspecified atom stereocenters. The molecule has 21 heavy (non-hydrogen) atoms. The maximum absolute atomic E-state index is 11.7. The summed E-state index contributed by atoms with van der Waals surface area (Å²) in [5.41, 5.74) is 3.22. The fourth-order valence-electron chi connectivity index (χ4n) is 2.02. The summed E-state index contributed by atoms with van der Waals surface area (Å²) in [6, 6.07) is 12.6. The molecule has 0 aromatic heterocycles. The third-order valence-corrected chi connectivity index (χ3v) is 3.09. The lowest BCUT2D eigenvalue weighted by atomic mass is 10.1. The molecule has 0 atom stereocenters. The smallest absolute Gasteiger partial charge is 0.338 e. The van der Waals surface area contributed by atoms with Gasteiger partial charge in [-0.1, -0.05) is 23.8 Å². The summed E-state index contributed by atoms with van der Waals surface area (Å²) in [5, 5.41) is 13.0. The van der Waals surface area contributed by atoms with E-state index in [1.54, 1.807) is 31.2 Å². The molecular weight excluding hydrogens is 266 g/mol. The minimum atomic E-state index is -0.334. The quantitative estimate of drug-likeness (QED) is 0.826. The molecule has 0 aliphatic rings. The topological polar surface area (TPSA) is 58.6 Å². The average Bonchev–Trinajstić information content (AvgIpc) is 2.49. The van der Waals surface area contributed by atoms with Gasteiger partial charge in [0, 0.05) is 17.8 Å². The van der Waals surface area contributed by atoms with Gasteiger partial charge in [0.05, 0.1) is 12.2 Å². The first-order valence-electron chi connectivity index (χ1n) is 6.89. The van der Waals surface area contributed by atoms with Crippen molar-refractivity contribution < 1.29 is 14.6 Å². The number of carbonyl (C=O) groups excluding carboxylic acids is 1. The Balaban J connectivity index is 2.08. The number of rotatable bonds is 5. The number of phenols is 1. The van der Waals surface area contributed by atoms with E-state index in [2.05, 4.69) is 5.32 Å². The lowest BCUT2D eigenvalue weighted by Crippen LogP contribution is -2.06. The normalized spacial score (nSPS) is 10.2. The van der Waals surface area contributed by atoms with Crippen molar-refractivity contribution in [2.24, 2.45) is 0 Å². The number of hydrogen-bond donors (Lipinski definition) is 2. The minimum Gasteiger partial charge on any atom is -0.508 e. The van der Waals surface area contributed by atoms with Crippen LogP contribution in [0.25, 0.3) is 0 Å². The average molecular weight is 285 g/mol. The summed E-state index contributed by atoms with van der Waals surface area (Å²) in [7, 11) is 0. The lowest BCUT2D eigenvalue weighted by Gasteiger charge is -2.10. The molecule has 0 saturated heterocycles. The van der Waals surface area contributed by atoms with Crippen molar-refractivity contribution in [3.8, 4) is 5.75 Å². The molecule has 0 radical (unpaired) electrons. The zero-order chi connectivity index (χ0) is 15.2. The summed E-state index contributed by atoms with van der Waals surface area (Å²) in [4.78, 5) is 11.7. The predicted molar refractivity (Wildman–Crippen MR) is 82.6 cm³/mol. The van der Waals surface area contributed by atoms with Gasteiger partial charge in [-0.05, 0) is 38.1 Å². The van der Waals surface area contributed by atoms with Crippen LogP contribution in [0.3, 0.4) is 0 Å². The summed E-state index contributed by atoms with van der Waals surface area (Å²) < 4.78 is 4.97. The highest BCUT2D eigenvalue weighted by Gasteiger charge is 2.07. The monoisotopic (exact) mass is 285 g/mol. The van der Waals surface area contributed by atoms with E-state index in [9.17, 15) is 9.90 Å². The van der Waals surface area contributed by atoms with Crippen molar-refractivity contribution in [1.82, 2.24) is 0 Å². The van der Waals surface area contributed by atoms with Gasteiger partial charge in [-0.2, -0.15) is 0 Å². The number of phenolic OH excluding ortho intramolecular Hbond substituents is 1. The summed E-state index contributed by atoms with van der Waals surface area (Å²) in [6.45, 7) is 4.60. The van der Waals surface area contributed by atoms with Crippen molar-refractivity contribution in [3.63, 3.8) is 0 Å². The number of benzene rings is 2. The molecule has 0 heterocycles. The Morgan fingerprint density at radius 1 is 1.24 bits per heavy atom. The largest absolute Gasteiger partial charge is 0.508 e. The van der Waals surface area contributed by atoms with Crippen molar-refractivity contribution in [1.29, 1.82) is 0 Å². The first-order valence-corrected chi connectivity index (χ1v) is 6.89. The summed E-state index contributed by atoms with van der Waals surface area (Å²) in [6.07, 6.45) is 0. The molecule has 0 fully saturated rings. The molecule has 2 aromatic rings. The molecule has 2 rings (SSSR count). The maximum Gasteiger partial charge on any atom is 0.338 e. The van der Waals surface area contributed by atoms with Gasteiger partial charge in [-0.15, -0.1) is 0 Å². The van der Waals surface area contributed by atoms with Gasteiger partial charge >= 0.3 is 5.97 Å². The van der Waals surface area contributed by atoms with E-state index in [0.717, 1.165) is 16.8 Å². The highest BCUT2D eigenvalue weighted by Crippen LogP contribution is 2.20. The third kappa shape index (κ3) is 3.99. The maximum atomic E-state index is 11.7. The van der Waals surface area contributed by atoms with E-state index in [1.165, 1.54) is 0 Å². The van der Waals surface area contributed by atoms with Gasteiger partial charge < -0.3 is 15.2 Å². The first kappa shape index (κ1) is 14.9. The van der Waals surface area contributed by atoms with Gasteiger partial charge in [0.1, 0.15) is 5.75 Å². The first-order chi connectivity index (χ1) is 10.1. The van der Waals surface area contributed by atoms with Crippen molar-refractivity contribution in [3.05, 3.63) is 59.2 Å². The van der Waals surface area contributed by atoms with Gasteiger partial charge in [-0.3, -0.25) is 0 Å². The zero-order valence-electron chi connectivity index (χ0n) is 12.2. The van der Waals surface area contributed by atoms with Crippen LogP contribution in [-0.2, 0) is 11.3 Å². The highest BCUT2D eigenvalue weighted by molar-refractivity contribution is 5.90. The van der Waals surface area contributed by atoms with Crippen LogP contribution in [0.15, 0.2) is 42.5 Å². The Morgan fingerprint density at radius 3 is 2.81 bits per heavy atom. The standard InChI is InChI=1S/C17H19NO3/c1-3-21-17(20)13-5-4-6-15(10-13)18-11-14-9-12(2)7-8-16(14)19/h4-10,18-19H,3,11H2,1-2H3. The lowest BCUT2D eigenvalue weighted by molar-refractivity contribution is 0.0526. The molecule has 0 bridgehead atoms. The third-order valence-electron chi connectivity index (χ3n) is 3.09. The van der Waals surface area contributed by atoms with E-state index < -0.39 is 0 Å².